The Hall–Kier alpha value is -2.47. The number of carbonyl (C=O) groups is 1. The number of aryl methyl sites for hydroxylation is 1. The lowest BCUT2D eigenvalue weighted by molar-refractivity contribution is -0.137. The zero-order chi connectivity index (χ0) is 18.4. The lowest BCUT2D eigenvalue weighted by Gasteiger charge is -2.32. The van der Waals surface area contributed by atoms with Gasteiger partial charge < -0.3 is 15.0 Å². The smallest absolute Gasteiger partial charge is 0.248 e. The summed E-state index contributed by atoms with van der Waals surface area (Å²) in [7, 11) is 0. The second-order valence-corrected chi connectivity index (χ2v) is 6.62. The molecule has 1 aliphatic rings. The number of rotatable bonds is 6. The summed E-state index contributed by atoms with van der Waals surface area (Å²) in [5, 5.41) is 3.26. The monoisotopic (exact) mass is 354 g/mol. The Bertz CT molecular complexity index is 750. The van der Waals surface area contributed by atoms with E-state index >= 15 is 0 Å². The standard InChI is InChI=1S/C20H26N4O2/c1-3-26-14-19(25)24-11-5-7-16(13-24)18-9-10-21-20(23-18)22-17-8-4-6-15(2)12-17/h4,6,8-10,12,16H,3,5,7,11,13-14H2,1-2H3,(H,21,22,23)/t16-/m0/s1. The van der Waals surface area contributed by atoms with E-state index in [9.17, 15) is 4.79 Å². The molecule has 138 valence electrons. The molecule has 6 nitrogen and oxygen atoms in total. The molecule has 1 saturated heterocycles. The van der Waals surface area contributed by atoms with E-state index in [1.165, 1.54) is 5.56 Å². The maximum atomic E-state index is 12.2. The summed E-state index contributed by atoms with van der Waals surface area (Å²) >= 11 is 0. The van der Waals surface area contributed by atoms with Crippen LogP contribution in [0.5, 0.6) is 0 Å². The van der Waals surface area contributed by atoms with E-state index in [1.54, 1.807) is 6.20 Å². The summed E-state index contributed by atoms with van der Waals surface area (Å²) in [6, 6.07) is 10.1. The van der Waals surface area contributed by atoms with Crippen molar-refractivity contribution < 1.29 is 9.53 Å². The van der Waals surface area contributed by atoms with Gasteiger partial charge >= 0.3 is 0 Å². The van der Waals surface area contributed by atoms with E-state index in [1.807, 2.05) is 30.0 Å². The lowest BCUT2D eigenvalue weighted by Crippen LogP contribution is -2.41. The molecule has 0 unspecified atom stereocenters. The van der Waals surface area contributed by atoms with E-state index in [4.69, 9.17) is 4.74 Å². The summed E-state index contributed by atoms with van der Waals surface area (Å²) in [5.41, 5.74) is 3.13. The average Bonchev–Trinajstić information content (AvgIpc) is 2.66. The number of aromatic nitrogens is 2. The molecule has 0 aliphatic carbocycles. The molecule has 0 radical (unpaired) electrons. The number of nitrogens with zero attached hydrogens (tertiary/aromatic N) is 3. The van der Waals surface area contributed by atoms with Gasteiger partial charge in [0.1, 0.15) is 6.61 Å². The molecule has 0 bridgehead atoms. The Balaban J connectivity index is 1.68. The van der Waals surface area contributed by atoms with Gasteiger partial charge in [-0.05, 0) is 50.5 Å². The molecule has 0 saturated carbocycles. The van der Waals surface area contributed by atoms with E-state index in [0.717, 1.165) is 30.8 Å². The van der Waals surface area contributed by atoms with Crippen molar-refractivity contribution in [2.75, 3.05) is 31.6 Å². The third-order valence-electron chi connectivity index (χ3n) is 4.57. The molecule has 1 aliphatic heterocycles. The highest BCUT2D eigenvalue weighted by molar-refractivity contribution is 5.77. The van der Waals surface area contributed by atoms with Gasteiger partial charge in [0.2, 0.25) is 11.9 Å². The molecule has 3 rings (SSSR count). The second-order valence-electron chi connectivity index (χ2n) is 6.62. The Morgan fingerprint density at radius 2 is 2.27 bits per heavy atom. The first-order valence-electron chi connectivity index (χ1n) is 9.18. The van der Waals surface area contributed by atoms with Crippen LogP contribution >= 0.6 is 0 Å². The molecule has 1 aromatic carbocycles. The molecule has 0 spiro atoms. The molecule has 1 fully saturated rings. The molecule has 26 heavy (non-hydrogen) atoms. The number of carbonyl (C=O) groups excluding carboxylic acids is 1. The second kappa shape index (κ2) is 8.76. The van der Waals surface area contributed by atoms with Crippen LogP contribution in [0.2, 0.25) is 0 Å². The van der Waals surface area contributed by atoms with Gasteiger partial charge in [-0.3, -0.25) is 4.79 Å². The van der Waals surface area contributed by atoms with Crippen LogP contribution in [-0.2, 0) is 9.53 Å². The van der Waals surface area contributed by atoms with Crippen molar-refractivity contribution in [2.45, 2.75) is 32.6 Å². The van der Waals surface area contributed by atoms with Gasteiger partial charge in [0.15, 0.2) is 0 Å². The summed E-state index contributed by atoms with van der Waals surface area (Å²) in [6.45, 7) is 6.15. The van der Waals surface area contributed by atoms with Crippen molar-refractivity contribution in [1.29, 1.82) is 0 Å². The van der Waals surface area contributed by atoms with Crippen LogP contribution in [-0.4, -0.2) is 47.1 Å². The minimum atomic E-state index is 0.0590. The number of benzene rings is 1. The van der Waals surface area contributed by atoms with Crippen LogP contribution in [0.3, 0.4) is 0 Å². The molecule has 2 aromatic rings. The Kier molecular flexibility index (Phi) is 6.17. The topological polar surface area (TPSA) is 67.3 Å². The van der Waals surface area contributed by atoms with Crippen molar-refractivity contribution in [3.05, 3.63) is 47.8 Å². The van der Waals surface area contributed by atoms with Crippen LogP contribution < -0.4 is 5.32 Å². The average molecular weight is 354 g/mol. The minimum absolute atomic E-state index is 0.0590. The fourth-order valence-corrected chi connectivity index (χ4v) is 3.24. The Morgan fingerprint density at radius 3 is 3.08 bits per heavy atom. The first-order valence-corrected chi connectivity index (χ1v) is 9.18. The van der Waals surface area contributed by atoms with Crippen molar-refractivity contribution >= 4 is 17.5 Å². The normalized spacial score (nSPS) is 17.2. The predicted molar refractivity (Wildman–Crippen MR) is 102 cm³/mol. The maximum Gasteiger partial charge on any atom is 0.248 e. The summed E-state index contributed by atoms with van der Waals surface area (Å²) in [6.07, 6.45) is 3.79. The van der Waals surface area contributed by atoms with Crippen molar-refractivity contribution in [2.24, 2.45) is 0 Å². The van der Waals surface area contributed by atoms with E-state index in [0.29, 0.717) is 19.1 Å². The number of ether oxygens (including phenoxy) is 1. The largest absolute Gasteiger partial charge is 0.372 e. The summed E-state index contributed by atoms with van der Waals surface area (Å²) in [4.78, 5) is 23.1. The van der Waals surface area contributed by atoms with Gasteiger partial charge in [0, 0.05) is 37.5 Å². The van der Waals surface area contributed by atoms with Gasteiger partial charge in [0.05, 0.1) is 5.69 Å². The number of anilines is 2. The molecule has 1 aromatic heterocycles. The fourth-order valence-electron chi connectivity index (χ4n) is 3.24. The zero-order valence-electron chi connectivity index (χ0n) is 15.4. The minimum Gasteiger partial charge on any atom is -0.372 e. The molecule has 1 N–H and O–H groups in total. The van der Waals surface area contributed by atoms with E-state index in [-0.39, 0.29) is 18.4 Å². The lowest BCUT2D eigenvalue weighted by atomic mass is 9.94. The highest BCUT2D eigenvalue weighted by Crippen LogP contribution is 2.26. The van der Waals surface area contributed by atoms with Crippen molar-refractivity contribution in [3.63, 3.8) is 0 Å². The molecule has 6 heteroatoms. The van der Waals surface area contributed by atoms with Crippen LogP contribution in [0.4, 0.5) is 11.6 Å². The van der Waals surface area contributed by atoms with Gasteiger partial charge in [-0.15, -0.1) is 0 Å². The van der Waals surface area contributed by atoms with Crippen LogP contribution in [0.1, 0.15) is 36.9 Å². The summed E-state index contributed by atoms with van der Waals surface area (Å²) in [5.74, 6) is 0.880. The number of amides is 1. The molecule has 1 amide bonds. The van der Waals surface area contributed by atoms with Crippen LogP contribution in [0.25, 0.3) is 0 Å². The number of hydrogen-bond donors (Lipinski definition) is 1. The van der Waals surface area contributed by atoms with Gasteiger partial charge in [-0.25, -0.2) is 9.97 Å². The van der Waals surface area contributed by atoms with Crippen LogP contribution in [0.15, 0.2) is 36.5 Å². The zero-order valence-corrected chi connectivity index (χ0v) is 15.4. The first kappa shape index (κ1) is 18.3. The number of piperidine rings is 1. The van der Waals surface area contributed by atoms with Crippen molar-refractivity contribution in [3.8, 4) is 0 Å². The predicted octanol–water partition coefficient (Wildman–Crippen LogP) is 3.27. The highest BCUT2D eigenvalue weighted by atomic mass is 16.5. The Labute approximate surface area is 154 Å². The number of likely N-dealkylation sites (tertiary alicyclic amines) is 1. The molecular formula is C20H26N4O2. The van der Waals surface area contributed by atoms with E-state index in [2.05, 4.69) is 34.3 Å². The number of hydrogen-bond acceptors (Lipinski definition) is 5. The molecule has 1 atom stereocenters. The number of nitrogens with one attached hydrogen (secondary N) is 1. The third kappa shape index (κ3) is 4.79. The third-order valence-corrected chi connectivity index (χ3v) is 4.57. The molecular weight excluding hydrogens is 328 g/mol. The fraction of sp³-hybridized carbons (Fsp3) is 0.450. The van der Waals surface area contributed by atoms with Crippen molar-refractivity contribution in [1.82, 2.24) is 14.9 Å². The van der Waals surface area contributed by atoms with Crippen LogP contribution in [0, 0.1) is 6.92 Å². The van der Waals surface area contributed by atoms with Gasteiger partial charge in [0.25, 0.3) is 0 Å². The first-order chi connectivity index (χ1) is 12.7. The maximum absolute atomic E-state index is 12.2. The summed E-state index contributed by atoms with van der Waals surface area (Å²) < 4.78 is 5.26. The molecule has 2 heterocycles. The quantitative estimate of drug-likeness (QED) is 0.862. The van der Waals surface area contributed by atoms with Gasteiger partial charge in [-0.1, -0.05) is 12.1 Å². The SMILES string of the molecule is CCOCC(=O)N1CCC[C@H](c2ccnc(Nc3cccc(C)c3)n2)C1. The Morgan fingerprint density at radius 1 is 1.38 bits per heavy atom. The van der Waals surface area contributed by atoms with Gasteiger partial charge in [-0.2, -0.15) is 0 Å². The van der Waals surface area contributed by atoms with E-state index < -0.39 is 0 Å². The highest BCUT2D eigenvalue weighted by Gasteiger charge is 2.25.